The van der Waals surface area contributed by atoms with E-state index in [4.69, 9.17) is 4.74 Å². The van der Waals surface area contributed by atoms with Gasteiger partial charge in [0, 0.05) is 12.5 Å². The first kappa shape index (κ1) is 22.3. The third kappa shape index (κ3) is 4.40. The molecule has 0 saturated heterocycles. The Balaban J connectivity index is 1.69. The van der Waals surface area contributed by atoms with E-state index in [1.165, 1.54) is 25.7 Å². The fraction of sp³-hybridized carbons (Fsp3) is 0.375. The number of rotatable bonds is 7. The summed E-state index contributed by atoms with van der Waals surface area (Å²) < 4.78 is 5.51. The summed E-state index contributed by atoms with van der Waals surface area (Å²) in [6, 6.07) is 15.1. The van der Waals surface area contributed by atoms with Gasteiger partial charge in [0.15, 0.2) is 0 Å². The lowest BCUT2D eigenvalue weighted by atomic mass is 9.98. The van der Waals surface area contributed by atoms with Crippen LogP contribution in [0.5, 0.6) is 0 Å². The van der Waals surface area contributed by atoms with Crippen LogP contribution in [0, 0.1) is 0 Å². The Morgan fingerprint density at radius 2 is 1.58 bits per heavy atom. The van der Waals surface area contributed by atoms with Crippen LogP contribution in [-0.2, 0) is 14.3 Å². The molecule has 2 aromatic carbocycles. The predicted molar refractivity (Wildman–Crippen MR) is 117 cm³/mol. The number of nitrogens with zero attached hydrogens (tertiary/aromatic N) is 1. The van der Waals surface area contributed by atoms with Gasteiger partial charge in [-0.2, -0.15) is 0 Å². The van der Waals surface area contributed by atoms with Gasteiger partial charge in [0.05, 0.1) is 0 Å². The van der Waals surface area contributed by atoms with Gasteiger partial charge >= 0.3 is 12.1 Å². The minimum absolute atomic E-state index is 0.0869. The van der Waals surface area contributed by atoms with E-state index >= 15 is 0 Å². The molecule has 2 aromatic rings. The number of benzene rings is 2. The molecule has 7 nitrogen and oxygen atoms in total. The van der Waals surface area contributed by atoms with E-state index < -0.39 is 29.6 Å². The number of ether oxygens (including phenoxy) is 1. The number of carbonyl (C=O) groups excluding carboxylic acids is 2. The van der Waals surface area contributed by atoms with Crippen molar-refractivity contribution in [2.45, 2.75) is 45.2 Å². The minimum Gasteiger partial charge on any atom is -0.480 e. The number of alkyl carbamates (subject to hydrolysis) is 1. The molecule has 2 N–H and O–H groups in total. The van der Waals surface area contributed by atoms with Crippen LogP contribution in [0.3, 0.4) is 0 Å². The second-order valence-electron chi connectivity index (χ2n) is 8.18. The van der Waals surface area contributed by atoms with Gasteiger partial charge < -0.3 is 20.1 Å². The second-order valence-corrected chi connectivity index (χ2v) is 8.18. The van der Waals surface area contributed by atoms with Crippen LogP contribution in [0.25, 0.3) is 11.1 Å². The number of nitrogens with one attached hydrogen (secondary N) is 1. The number of hydrogen-bond donors (Lipinski definition) is 2. The molecule has 0 aromatic heterocycles. The molecular weight excluding hydrogens is 396 g/mol. The molecular formula is C24H28N2O5. The first-order valence-electron chi connectivity index (χ1n) is 10.3. The number of amides is 2. The van der Waals surface area contributed by atoms with Crippen molar-refractivity contribution in [3.8, 4) is 11.1 Å². The Labute approximate surface area is 182 Å². The minimum atomic E-state index is -1.32. The SMILES string of the molecule is CCN(C(=O)C(C)(C)NC(=O)OCC1c2ccccc2-c2ccccc21)C(C)C(=O)O. The lowest BCUT2D eigenvalue weighted by Crippen LogP contribution is -2.58. The predicted octanol–water partition coefficient (Wildman–Crippen LogP) is 3.63. The molecule has 0 radical (unpaired) electrons. The maximum Gasteiger partial charge on any atom is 0.408 e. The molecule has 31 heavy (non-hydrogen) atoms. The quantitative estimate of drug-likeness (QED) is 0.708. The van der Waals surface area contributed by atoms with Crippen LogP contribution in [0.4, 0.5) is 4.79 Å². The van der Waals surface area contributed by atoms with Crippen LogP contribution >= 0.6 is 0 Å². The van der Waals surface area contributed by atoms with Crippen LogP contribution in [-0.4, -0.2) is 52.7 Å². The molecule has 0 fully saturated rings. The van der Waals surface area contributed by atoms with Gasteiger partial charge in [-0.1, -0.05) is 48.5 Å². The highest BCUT2D eigenvalue weighted by Crippen LogP contribution is 2.44. The number of carboxylic acids is 1. The average molecular weight is 424 g/mol. The Morgan fingerprint density at radius 1 is 1.06 bits per heavy atom. The van der Waals surface area contributed by atoms with E-state index in [0.717, 1.165) is 22.3 Å². The molecule has 1 aliphatic carbocycles. The van der Waals surface area contributed by atoms with Crippen LogP contribution in [0.2, 0.25) is 0 Å². The van der Waals surface area contributed by atoms with Gasteiger partial charge in [0.2, 0.25) is 5.91 Å². The number of carboxylic acid groups (broad SMARTS) is 1. The molecule has 164 valence electrons. The van der Waals surface area contributed by atoms with E-state index in [9.17, 15) is 19.5 Å². The van der Waals surface area contributed by atoms with Crippen LogP contribution in [0.15, 0.2) is 48.5 Å². The van der Waals surface area contributed by atoms with E-state index in [0.29, 0.717) is 0 Å². The largest absolute Gasteiger partial charge is 0.480 e. The smallest absolute Gasteiger partial charge is 0.408 e. The van der Waals surface area contributed by atoms with Crippen LogP contribution in [0.1, 0.15) is 44.7 Å². The maximum absolute atomic E-state index is 12.9. The maximum atomic E-state index is 12.9. The zero-order chi connectivity index (χ0) is 22.8. The highest BCUT2D eigenvalue weighted by Gasteiger charge is 2.37. The molecule has 0 bridgehead atoms. The van der Waals surface area contributed by atoms with Crippen molar-refractivity contribution in [3.05, 3.63) is 59.7 Å². The van der Waals surface area contributed by atoms with Crippen molar-refractivity contribution in [1.29, 1.82) is 0 Å². The van der Waals surface area contributed by atoms with E-state index in [-0.39, 0.29) is 19.1 Å². The molecule has 1 unspecified atom stereocenters. The monoisotopic (exact) mass is 424 g/mol. The Hall–Kier alpha value is -3.35. The van der Waals surface area contributed by atoms with E-state index in [1.54, 1.807) is 6.92 Å². The number of carbonyl (C=O) groups is 3. The van der Waals surface area contributed by atoms with E-state index in [1.807, 2.05) is 36.4 Å². The normalized spacial score (nSPS) is 13.7. The highest BCUT2D eigenvalue weighted by atomic mass is 16.5. The number of likely N-dealkylation sites (N-methyl/N-ethyl adjacent to an activating group) is 1. The molecule has 7 heteroatoms. The summed E-state index contributed by atoms with van der Waals surface area (Å²) in [6.07, 6.45) is -0.723. The molecule has 2 amide bonds. The molecule has 3 rings (SSSR count). The van der Waals surface area contributed by atoms with Crippen molar-refractivity contribution in [3.63, 3.8) is 0 Å². The Kier molecular flexibility index (Phi) is 6.34. The van der Waals surface area contributed by atoms with Gasteiger partial charge in [-0.05, 0) is 49.9 Å². The molecule has 1 atom stereocenters. The zero-order valence-electron chi connectivity index (χ0n) is 18.2. The molecule has 0 aliphatic heterocycles. The van der Waals surface area contributed by atoms with Gasteiger partial charge in [0.25, 0.3) is 0 Å². The first-order valence-corrected chi connectivity index (χ1v) is 10.3. The average Bonchev–Trinajstić information content (AvgIpc) is 3.06. The summed E-state index contributed by atoms with van der Waals surface area (Å²) in [4.78, 5) is 37.9. The number of hydrogen-bond acceptors (Lipinski definition) is 4. The molecule has 1 aliphatic rings. The first-order chi connectivity index (χ1) is 14.7. The standard InChI is InChI=1S/C24H28N2O5/c1-5-26(15(2)21(27)28)22(29)24(3,4)25-23(30)31-14-20-18-12-8-6-10-16(18)17-11-7-9-13-19(17)20/h6-13,15,20H,5,14H2,1-4H3,(H,25,30)(H,27,28). The van der Waals surface area contributed by atoms with Gasteiger partial charge in [-0.25, -0.2) is 9.59 Å². The number of fused-ring (bicyclic) bond motifs is 3. The highest BCUT2D eigenvalue weighted by molar-refractivity contribution is 5.92. The van der Waals surface area contributed by atoms with Crippen molar-refractivity contribution in [1.82, 2.24) is 10.2 Å². The molecule has 0 spiro atoms. The van der Waals surface area contributed by atoms with Gasteiger partial charge in [-0.3, -0.25) is 4.79 Å². The summed E-state index contributed by atoms with van der Waals surface area (Å²) in [5.41, 5.74) is 3.13. The summed E-state index contributed by atoms with van der Waals surface area (Å²) >= 11 is 0. The molecule has 0 heterocycles. The third-order valence-electron chi connectivity index (χ3n) is 5.72. The van der Waals surface area contributed by atoms with Crippen molar-refractivity contribution in [2.75, 3.05) is 13.2 Å². The van der Waals surface area contributed by atoms with E-state index in [2.05, 4.69) is 17.4 Å². The zero-order valence-corrected chi connectivity index (χ0v) is 18.2. The molecule has 0 saturated carbocycles. The summed E-state index contributed by atoms with van der Waals surface area (Å²) in [5.74, 6) is -1.68. The summed E-state index contributed by atoms with van der Waals surface area (Å²) in [5, 5.41) is 11.8. The fourth-order valence-corrected chi connectivity index (χ4v) is 4.03. The summed E-state index contributed by atoms with van der Waals surface area (Å²) in [6.45, 7) is 6.55. The van der Waals surface area contributed by atoms with Gasteiger partial charge in [-0.15, -0.1) is 0 Å². The Morgan fingerprint density at radius 3 is 2.06 bits per heavy atom. The summed E-state index contributed by atoms with van der Waals surface area (Å²) in [7, 11) is 0. The number of aliphatic carboxylic acids is 1. The topological polar surface area (TPSA) is 95.9 Å². The lowest BCUT2D eigenvalue weighted by Gasteiger charge is -2.33. The van der Waals surface area contributed by atoms with Gasteiger partial charge in [0.1, 0.15) is 18.2 Å². The van der Waals surface area contributed by atoms with Crippen LogP contribution < -0.4 is 5.32 Å². The van der Waals surface area contributed by atoms with Crippen molar-refractivity contribution >= 4 is 18.0 Å². The second kappa shape index (κ2) is 8.79. The van der Waals surface area contributed by atoms with Crippen molar-refractivity contribution in [2.24, 2.45) is 0 Å². The third-order valence-corrected chi connectivity index (χ3v) is 5.72. The lowest BCUT2D eigenvalue weighted by molar-refractivity contribution is -0.151. The fourth-order valence-electron chi connectivity index (χ4n) is 4.03. The Bertz CT molecular complexity index is 955. The van der Waals surface area contributed by atoms with Crippen molar-refractivity contribution < 1.29 is 24.2 Å².